The number of benzene rings is 2. The normalized spacial score (nSPS) is 10.3. The molecule has 3 rings (SSSR count). The molecule has 1 aromatic heterocycles. The van der Waals surface area contributed by atoms with E-state index in [-0.39, 0.29) is 17.3 Å². The van der Waals surface area contributed by atoms with E-state index in [4.69, 9.17) is 4.74 Å². The van der Waals surface area contributed by atoms with Crippen LogP contribution in [0.4, 0.5) is 9.39 Å². The maximum absolute atomic E-state index is 13.1. The van der Waals surface area contributed by atoms with Gasteiger partial charge in [0.25, 0.3) is 5.91 Å². The van der Waals surface area contributed by atoms with Gasteiger partial charge in [0.2, 0.25) is 0 Å². The molecule has 0 bridgehead atoms. The molecule has 25 heavy (non-hydrogen) atoms. The maximum atomic E-state index is 13.1. The monoisotopic (exact) mass is 355 g/mol. The average Bonchev–Trinajstić information content (AvgIpc) is 3.06. The molecule has 0 aliphatic heterocycles. The largest absolute Gasteiger partial charge is 0.465 e. The Kier molecular flexibility index (Phi) is 4.90. The molecule has 4 nitrogen and oxygen atoms in total. The Morgan fingerprint density at radius 2 is 1.72 bits per heavy atom. The van der Waals surface area contributed by atoms with Crippen LogP contribution in [0.1, 0.15) is 20.7 Å². The van der Waals surface area contributed by atoms with Crippen LogP contribution in [0.3, 0.4) is 0 Å². The second-order valence-electron chi connectivity index (χ2n) is 5.17. The molecule has 2 aromatic carbocycles. The first-order valence-corrected chi connectivity index (χ1v) is 8.30. The predicted molar refractivity (Wildman–Crippen MR) is 95.4 cm³/mol. The number of carbonyl (C=O) groups is 2. The van der Waals surface area contributed by atoms with E-state index in [1.165, 1.54) is 30.6 Å². The first-order valence-electron chi connectivity index (χ1n) is 7.42. The van der Waals surface area contributed by atoms with Crippen LogP contribution in [0.25, 0.3) is 11.1 Å². The lowest BCUT2D eigenvalue weighted by Gasteiger charge is -2.08. The van der Waals surface area contributed by atoms with Gasteiger partial charge in [-0.05, 0) is 29.8 Å². The van der Waals surface area contributed by atoms with Gasteiger partial charge in [-0.25, -0.2) is 9.18 Å². The topological polar surface area (TPSA) is 55.4 Å². The third kappa shape index (κ3) is 3.59. The maximum Gasteiger partial charge on any atom is 0.341 e. The van der Waals surface area contributed by atoms with Gasteiger partial charge < -0.3 is 10.1 Å². The van der Waals surface area contributed by atoms with Crippen LogP contribution in [0.5, 0.6) is 0 Å². The van der Waals surface area contributed by atoms with E-state index >= 15 is 0 Å². The first kappa shape index (κ1) is 16.9. The number of thiophene rings is 1. The fourth-order valence-electron chi connectivity index (χ4n) is 2.36. The number of halogens is 1. The molecule has 0 atom stereocenters. The second-order valence-corrected chi connectivity index (χ2v) is 6.05. The lowest BCUT2D eigenvalue weighted by molar-refractivity contribution is 0.0603. The smallest absolute Gasteiger partial charge is 0.341 e. The highest BCUT2D eigenvalue weighted by Crippen LogP contribution is 2.36. The number of hydrogen-bond donors (Lipinski definition) is 1. The van der Waals surface area contributed by atoms with Gasteiger partial charge in [0.15, 0.2) is 0 Å². The minimum Gasteiger partial charge on any atom is -0.465 e. The minimum absolute atomic E-state index is 0.253. The van der Waals surface area contributed by atoms with Crippen LogP contribution in [0.2, 0.25) is 0 Å². The summed E-state index contributed by atoms with van der Waals surface area (Å²) in [7, 11) is 1.28. The summed E-state index contributed by atoms with van der Waals surface area (Å²) in [4.78, 5) is 24.6. The lowest BCUT2D eigenvalue weighted by atomic mass is 10.0. The van der Waals surface area contributed by atoms with E-state index in [1.807, 2.05) is 6.07 Å². The van der Waals surface area contributed by atoms with Crippen molar-refractivity contribution in [1.82, 2.24) is 0 Å². The standard InChI is InChI=1S/C19H14FNO3S/c1-24-19(23)16-15(12-7-9-14(20)10-8-12)11-25-18(16)21-17(22)13-5-3-2-4-6-13/h2-11H,1H3,(H,21,22). The number of hydrogen-bond acceptors (Lipinski definition) is 4. The molecular weight excluding hydrogens is 341 g/mol. The summed E-state index contributed by atoms with van der Waals surface area (Å²) in [6.45, 7) is 0. The van der Waals surface area contributed by atoms with Crippen LogP contribution < -0.4 is 5.32 Å². The molecule has 1 N–H and O–H groups in total. The van der Waals surface area contributed by atoms with Gasteiger partial charge in [-0.3, -0.25) is 4.79 Å². The van der Waals surface area contributed by atoms with Crippen LogP contribution in [0, 0.1) is 5.82 Å². The molecular formula is C19H14FNO3S. The first-order chi connectivity index (χ1) is 12.1. The number of methoxy groups -OCH3 is 1. The summed E-state index contributed by atoms with van der Waals surface area (Å²) in [5.41, 5.74) is 1.98. The van der Waals surface area contributed by atoms with Crippen molar-refractivity contribution in [3.8, 4) is 11.1 Å². The van der Waals surface area contributed by atoms with Gasteiger partial charge in [-0.2, -0.15) is 0 Å². The Bertz CT molecular complexity index is 904. The molecule has 0 radical (unpaired) electrons. The molecule has 0 saturated heterocycles. The fraction of sp³-hybridized carbons (Fsp3) is 0.0526. The molecule has 1 amide bonds. The van der Waals surface area contributed by atoms with Gasteiger partial charge in [0.05, 0.1) is 7.11 Å². The Balaban J connectivity index is 1.98. The van der Waals surface area contributed by atoms with Gasteiger partial charge in [-0.1, -0.05) is 30.3 Å². The van der Waals surface area contributed by atoms with Crippen molar-refractivity contribution < 1.29 is 18.7 Å². The summed E-state index contributed by atoms with van der Waals surface area (Å²) < 4.78 is 18.0. The van der Waals surface area contributed by atoms with Crippen molar-refractivity contribution in [3.63, 3.8) is 0 Å². The van der Waals surface area contributed by atoms with Crippen LogP contribution in [-0.2, 0) is 4.74 Å². The molecule has 0 fully saturated rings. The number of anilines is 1. The Hall–Kier alpha value is -2.99. The number of rotatable bonds is 4. The van der Waals surface area contributed by atoms with Crippen LogP contribution in [-0.4, -0.2) is 19.0 Å². The minimum atomic E-state index is -0.566. The molecule has 3 aromatic rings. The van der Waals surface area contributed by atoms with Crippen molar-refractivity contribution in [2.75, 3.05) is 12.4 Å². The molecule has 0 aliphatic rings. The van der Waals surface area contributed by atoms with Crippen LogP contribution >= 0.6 is 11.3 Å². The van der Waals surface area contributed by atoms with Crippen molar-refractivity contribution in [2.45, 2.75) is 0 Å². The number of carbonyl (C=O) groups excluding carboxylic acids is 2. The highest BCUT2D eigenvalue weighted by Gasteiger charge is 2.22. The van der Waals surface area contributed by atoms with E-state index in [0.29, 0.717) is 21.7 Å². The van der Waals surface area contributed by atoms with E-state index in [9.17, 15) is 14.0 Å². The van der Waals surface area contributed by atoms with E-state index in [2.05, 4.69) is 5.32 Å². The molecule has 1 heterocycles. The molecule has 0 spiro atoms. The average molecular weight is 355 g/mol. The Morgan fingerprint density at radius 3 is 2.36 bits per heavy atom. The highest BCUT2D eigenvalue weighted by atomic mass is 32.1. The Labute approximate surface area is 147 Å². The third-order valence-electron chi connectivity index (χ3n) is 3.60. The third-order valence-corrected chi connectivity index (χ3v) is 4.49. The summed E-state index contributed by atoms with van der Waals surface area (Å²) in [5.74, 6) is -1.25. The van der Waals surface area contributed by atoms with Crippen molar-refractivity contribution in [2.24, 2.45) is 0 Å². The van der Waals surface area contributed by atoms with Gasteiger partial charge >= 0.3 is 5.97 Å². The number of esters is 1. The SMILES string of the molecule is COC(=O)c1c(-c2ccc(F)cc2)csc1NC(=O)c1ccccc1. The predicted octanol–water partition coefficient (Wildman–Crippen LogP) is 4.59. The summed E-state index contributed by atoms with van der Waals surface area (Å²) in [5, 5.41) is 4.87. The van der Waals surface area contributed by atoms with Gasteiger partial charge in [0.1, 0.15) is 16.4 Å². The summed E-state index contributed by atoms with van der Waals surface area (Å²) in [6, 6.07) is 14.5. The fourth-order valence-corrected chi connectivity index (χ4v) is 3.31. The Morgan fingerprint density at radius 1 is 1.04 bits per heavy atom. The van der Waals surface area contributed by atoms with E-state index in [0.717, 1.165) is 0 Å². The number of ether oxygens (including phenoxy) is 1. The molecule has 0 unspecified atom stereocenters. The zero-order valence-corrected chi connectivity index (χ0v) is 14.1. The number of nitrogens with one attached hydrogen (secondary N) is 1. The van der Waals surface area contributed by atoms with E-state index < -0.39 is 5.97 Å². The molecule has 0 aliphatic carbocycles. The lowest BCUT2D eigenvalue weighted by Crippen LogP contribution is -2.14. The zero-order chi connectivity index (χ0) is 17.8. The molecule has 6 heteroatoms. The second kappa shape index (κ2) is 7.27. The zero-order valence-electron chi connectivity index (χ0n) is 13.3. The summed E-state index contributed by atoms with van der Waals surface area (Å²) >= 11 is 1.22. The number of amides is 1. The highest BCUT2D eigenvalue weighted by molar-refractivity contribution is 7.15. The summed E-state index contributed by atoms with van der Waals surface area (Å²) in [6.07, 6.45) is 0. The van der Waals surface area contributed by atoms with Crippen LogP contribution in [0.15, 0.2) is 60.0 Å². The van der Waals surface area contributed by atoms with Gasteiger partial charge in [-0.15, -0.1) is 11.3 Å². The van der Waals surface area contributed by atoms with E-state index in [1.54, 1.807) is 41.8 Å². The van der Waals surface area contributed by atoms with Gasteiger partial charge in [0, 0.05) is 16.5 Å². The quantitative estimate of drug-likeness (QED) is 0.696. The van der Waals surface area contributed by atoms with Crippen molar-refractivity contribution in [3.05, 3.63) is 76.9 Å². The molecule has 126 valence electrons. The molecule has 0 saturated carbocycles. The van der Waals surface area contributed by atoms with Crippen molar-refractivity contribution in [1.29, 1.82) is 0 Å². The van der Waals surface area contributed by atoms with Crippen molar-refractivity contribution >= 4 is 28.2 Å².